The normalized spacial score (nSPS) is 20.1. The third-order valence-electron chi connectivity index (χ3n) is 3.86. The van der Waals surface area contributed by atoms with Gasteiger partial charge in [0.1, 0.15) is 17.9 Å². The molecule has 0 saturated carbocycles. The number of rotatable bonds is 3. The van der Waals surface area contributed by atoms with Gasteiger partial charge in [-0.1, -0.05) is 12.1 Å². The van der Waals surface area contributed by atoms with E-state index in [1.54, 1.807) is 13.8 Å². The molecule has 21 heavy (non-hydrogen) atoms. The molecule has 0 unspecified atom stereocenters. The molecule has 3 rings (SSSR count). The van der Waals surface area contributed by atoms with E-state index in [9.17, 15) is 9.59 Å². The zero-order valence-corrected chi connectivity index (χ0v) is 12.3. The van der Waals surface area contributed by atoms with Crippen LogP contribution in [0.2, 0.25) is 0 Å². The molecule has 0 spiro atoms. The number of nitrogens with one attached hydrogen (secondary N) is 1. The Balaban J connectivity index is 1.69. The van der Waals surface area contributed by atoms with Crippen molar-refractivity contribution >= 4 is 17.6 Å². The van der Waals surface area contributed by atoms with Gasteiger partial charge in [-0.15, -0.1) is 0 Å². The highest BCUT2D eigenvalue weighted by molar-refractivity contribution is 6.06. The van der Waals surface area contributed by atoms with Gasteiger partial charge in [0.05, 0.1) is 12.2 Å². The molecule has 1 N–H and O–H groups in total. The largest absolute Gasteiger partial charge is 0.490 e. The molecule has 1 saturated heterocycles. The molecule has 1 aromatic carbocycles. The molecular formula is C15H19N3O3. The van der Waals surface area contributed by atoms with E-state index >= 15 is 0 Å². The third-order valence-corrected chi connectivity index (χ3v) is 3.86. The summed E-state index contributed by atoms with van der Waals surface area (Å²) in [6.45, 7) is 5.79. The number of benzene rings is 1. The third kappa shape index (κ3) is 2.41. The second-order valence-corrected chi connectivity index (χ2v) is 5.82. The van der Waals surface area contributed by atoms with Crippen LogP contribution in [0, 0.1) is 0 Å². The molecule has 6 nitrogen and oxygen atoms in total. The molecule has 1 fully saturated rings. The summed E-state index contributed by atoms with van der Waals surface area (Å²) in [5.74, 6) is 0.676. The number of urea groups is 1. The van der Waals surface area contributed by atoms with E-state index in [2.05, 4.69) is 10.2 Å². The Bertz CT molecular complexity index is 585. The average molecular weight is 289 g/mol. The summed E-state index contributed by atoms with van der Waals surface area (Å²) in [5.41, 5.74) is 0.204. The first-order valence-corrected chi connectivity index (χ1v) is 7.10. The second kappa shape index (κ2) is 4.95. The van der Waals surface area contributed by atoms with E-state index in [1.807, 2.05) is 24.3 Å². The highest BCUT2D eigenvalue weighted by atomic mass is 16.5. The fraction of sp³-hybridized carbons (Fsp3) is 0.467. The van der Waals surface area contributed by atoms with E-state index in [4.69, 9.17) is 4.74 Å². The maximum Gasteiger partial charge on any atom is 0.325 e. The van der Waals surface area contributed by atoms with Gasteiger partial charge in [0.2, 0.25) is 0 Å². The lowest BCUT2D eigenvalue weighted by Crippen LogP contribution is -2.43. The van der Waals surface area contributed by atoms with Crippen LogP contribution in [0.1, 0.15) is 13.8 Å². The number of hydrogen-bond donors (Lipinski definition) is 1. The molecule has 6 heteroatoms. The van der Waals surface area contributed by atoms with Crippen molar-refractivity contribution in [2.75, 3.05) is 31.1 Å². The second-order valence-electron chi connectivity index (χ2n) is 5.82. The molecule has 0 atom stereocenters. The van der Waals surface area contributed by atoms with Crippen molar-refractivity contribution in [2.45, 2.75) is 19.4 Å². The van der Waals surface area contributed by atoms with Gasteiger partial charge in [0.15, 0.2) is 0 Å². The summed E-state index contributed by atoms with van der Waals surface area (Å²) in [5, 5.41) is 2.69. The number of imide groups is 1. The van der Waals surface area contributed by atoms with Gasteiger partial charge >= 0.3 is 6.03 Å². The highest BCUT2D eigenvalue weighted by Crippen LogP contribution is 2.30. The molecule has 0 bridgehead atoms. The van der Waals surface area contributed by atoms with Crippen molar-refractivity contribution in [2.24, 2.45) is 0 Å². The maximum absolute atomic E-state index is 12.2. The van der Waals surface area contributed by atoms with Gasteiger partial charge in [-0.3, -0.25) is 9.69 Å². The zero-order chi connectivity index (χ0) is 15.0. The molecule has 1 aromatic rings. The standard InChI is InChI=1S/C15H19N3O3/c1-15(2)13(19)18(14(20)16-15)8-7-17-9-10-21-12-6-4-3-5-11(12)17/h3-6H,7-10H2,1-2H3,(H,16,20). The molecule has 0 radical (unpaired) electrons. The van der Waals surface area contributed by atoms with Crippen LogP contribution < -0.4 is 15.0 Å². The minimum atomic E-state index is -0.806. The number of amides is 3. The van der Waals surface area contributed by atoms with Crippen molar-refractivity contribution in [3.8, 4) is 5.75 Å². The minimum absolute atomic E-state index is 0.172. The predicted molar refractivity (Wildman–Crippen MR) is 78.5 cm³/mol. The first-order valence-electron chi connectivity index (χ1n) is 7.10. The van der Waals surface area contributed by atoms with Gasteiger partial charge in [-0.2, -0.15) is 0 Å². The lowest BCUT2D eigenvalue weighted by Gasteiger charge is -2.32. The number of ether oxygens (including phenoxy) is 1. The van der Waals surface area contributed by atoms with Crippen LogP contribution in [-0.2, 0) is 4.79 Å². The molecule has 0 aliphatic carbocycles. The number of fused-ring (bicyclic) bond motifs is 1. The molecular weight excluding hydrogens is 270 g/mol. The predicted octanol–water partition coefficient (Wildman–Crippen LogP) is 1.22. The number of anilines is 1. The van der Waals surface area contributed by atoms with Crippen molar-refractivity contribution < 1.29 is 14.3 Å². The number of nitrogens with zero attached hydrogens (tertiary/aromatic N) is 2. The Morgan fingerprint density at radius 3 is 2.71 bits per heavy atom. The van der Waals surface area contributed by atoms with Crippen molar-refractivity contribution in [3.63, 3.8) is 0 Å². The first kappa shape index (κ1) is 13.7. The van der Waals surface area contributed by atoms with Gasteiger partial charge in [-0.05, 0) is 26.0 Å². The van der Waals surface area contributed by atoms with E-state index in [0.29, 0.717) is 19.7 Å². The fourth-order valence-corrected chi connectivity index (χ4v) is 2.70. The van der Waals surface area contributed by atoms with Crippen LogP contribution in [0.25, 0.3) is 0 Å². The van der Waals surface area contributed by atoms with Gasteiger partial charge < -0.3 is 15.0 Å². The number of para-hydroxylation sites is 2. The lowest BCUT2D eigenvalue weighted by molar-refractivity contribution is -0.130. The molecule has 3 amide bonds. The van der Waals surface area contributed by atoms with Crippen molar-refractivity contribution in [3.05, 3.63) is 24.3 Å². The van der Waals surface area contributed by atoms with Crippen LogP contribution in [0.4, 0.5) is 10.5 Å². The number of carbonyl (C=O) groups is 2. The van der Waals surface area contributed by atoms with Crippen molar-refractivity contribution in [1.82, 2.24) is 10.2 Å². The Hall–Kier alpha value is -2.24. The summed E-state index contributed by atoms with van der Waals surface area (Å²) in [6, 6.07) is 7.49. The summed E-state index contributed by atoms with van der Waals surface area (Å²) in [7, 11) is 0. The van der Waals surface area contributed by atoms with Gasteiger partial charge in [0.25, 0.3) is 5.91 Å². The topological polar surface area (TPSA) is 61.9 Å². The zero-order valence-electron chi connectivity index (χ0n) is 12.3. The fourth-order valence-electron chi connectivity index (χ4n) is 2.70. The monoisotopic (exact) mass is 289 g/mol. The summed E-state index contributed by atoms with van der Waals surface area (Å²) < 4.78 is 5.60. The summed E-state index contributed by atoms with van der Waals surface area (Å²) >= 11 is 0. The average Bonchev–Trinajstić information content (AvgIpc) is 2.65. The van der Waals surface area contributed by atoms with Crippen LogP contribution in [0.3, 0.4) is 0 Å². The number of hydrogen-bond acceptors (Lipinski definition) is 4. The molecule has 2 heterocycles. The van der Waals surface area contributed by atoms with Crippen LogP contribution in [0.5, 0.6) is 5.75 Å². The molecule has 112 valence electrons. The molecule has 2 aliphatic rings. The van der Waals surface area contributed by atoms with E-state index < -0.39 is 5.54 Å². The Labute approximate surface area is 123 Å². The van der Waals surface area contributed by atoms with Crippen LogP contribution >= 0.6 is 0 Å². The SMILES string of the molecule is CC1(C)NC(=O)N(CCN2CCOc3ccccc32)C1=O. The van der Waals surface area contributed by atoms with E-state index in [-0.39, 0.29) is 11.9 Å². The molecule has 2 aliphatic heterocycles. The first-order chi connectivity index (χ1) is 9.99. The van der Waals surface area contributed by atoms with E-state index in [1.165, 1.54) is 4.90 Å². The maximum atomic E-state index is 12.2. The smallest absolute Gasteiger partial charge is 0.325 e. The summed E-state index contributed by atoms with van der Waals surface area (Å²) in [4.78, 5) is 27.5. The Morgan fingerprint density at radius 1 is 1.24 bits per heavy atom. The highest BCUT2D eigenvalue weighted by Gasteiger charge is 2.44. The van der Waals surface area contributed by atoms with Crippen molar-refractivity contribution in [1.29, 1.82) is 0 Å². The Morgan fingerprint density at radius 2 is 2.00 bits per heavy atom. The number of carbonyl (C=O) groups excluding carboxylic acids is 2. The quantitative estimate of drug-likeness (QED) is 0.850. The minimum Gasteiger partial charge on any atom is -0.490 e. The van der Waals surface area contributed by atoms with Crippen LogP contribution in [-0.4, -0.2) is 48.6 Å². The van der Waals surface area contributed by atoms with Crippen LogP contribution in [0.15, 0.2) is 24.3 Å². The summed E-state index contributed by atoms with van der Waals surface area (Å²) in [6.07, 6.45) is 0. The van der Waals surface area contributed by atoms with Gasteiger partial charge in [0, 0.05) is 13.1 Å². The Kier molecular flexibility index (Phi) is 3.23. The van der Waals surface area contributed by atoms with E-state index in [0.717, 1.165) is 18.0 Å². The van der Waals surface area contributed by atoms with Gasteiger partial charge in [-0.25, -0.2) is 4.79 Å². The molecule has 0 aromatic heterocycles. The lowest BCUT2D eigenvalue weighted by atomic mass is 10.1.